The smallest absolute Gasteiger partial charge is 0.273 e. The number of fused-ring (bicyclic) bond motifs is 1. The molecule has 0 aliphatic heterocycles. The quantitative estimate of drug-likeness (QED) is 0.300. The lowest BCUT2D eigenvalue weighted by molar-refractivity contribution is -0.385. The van der Waals surface area contributed by atoms with Gasteiger partial charge in [-0.05, 0) is 49.4 Å². The summed E-state index contributed by atoms with van der Waals surface area (Å²) in [5.74, 6) is -0.130. The fraction of sp³-hybridized carbons (Fsp3) is 0.0476. The molecule has 1 heterocycles. The summed E-state index contributed by atoms with van der Waals surface area (Å²) >= 11 is 0. The molecule has 3 N–H and O–H groups in total. The number of H-pyrrole nitrogens is 1. The third-order valence-corrected chi connectivity index (χ3v) is 6.09. The monoisotopic (exact) mass is 451 g/mol. The second kappa shape index (κ2) is 8.12. The van der Waals surface area contributed by atoms with E-state index >= 15 is 0 Å². The van der Waals surface area contributed by atoms with Gasteiger partial charge in [-0.1, -0.05) is 18.2 Å². The molecule has 162 valence electrons. The molecule has 0 aliphatic rings. The topological polar surface area (TPSA) is 147 Å². The van der Waals surface area contributed by atoms with E-state index in [1.54, 1.807) is 0 Å². The highest BCUT2D eigenvalue weighted by molar-refractivity contribution is 7.92. The molecule has 0 saturated heterocycles. The Bertz CT molecular complexity index is 1410. The number of nitro groups is 1. The van der Waals surface area contributed by atoms with E-state index in [0.29, 0.717) is 22.6 Å². The van der Waals surface area contributed by atoms with E-state index in [0.717, 1.165) is 11.6 Å². The van der Waals surface area contributed by atoms with E-state index < -0.39 is 20.9 Å². The molecule has 0 atom stereocenters. The Morgan fingerprint density at radius 1 is 1.06 bits per heavy atom. The fourth-order valence-electron chi connectivity index (χ4n) is 3.05. The number of hydrogen-bond acceptors (Lipinski definition) is 6. The first kappa shape index (κ1) is 21.0. The Morgan fingerprint density at radius 2 is 1.78 bits per heavy atom. The number of carbonyl (C=O) groups is 1. The van der Waals surface area contributed by atoms with E-state index in [-0.39, 0.29) is 16.3 Å². The maximum atomic E-state index is 12.6. The van der Waals surface area contributed by atoms with Crippen molar-refractivity contribution in [1.29, 1.82) is 0 Å². The second-order valence-electron chi connectivity index (χ2n) is 6.94. The minimum atomic E-state index is -4.05. The van der Waals surface area contributed by atoms with Gasteiger partial charge in [0.15, 0.2) is 0 Å². The summed E-state index contributed by atoms with van der Waals surface area (Å²) in [5.41, 5.74) is 2.06. The van der Waals surface area contributed by atoms with Gasteiger partial charge in [0.05, 0.1) is 20.9 Å². The summed E-state index contributed by atoms with van der Waals surface area (Å²) in [5, 5.41) is 13.7. The molecule has 4 rings (SSSR count). The van der Waals surface area contributed by atoms with Crippen molar-refractivity contribution < 1.29 is 18.1 Å². The number of anilines is 2. The molecule has 3 aromatic carbocycles. The second-order valence-corrected chi connectivity index (χ2v) is 8.63. The van der Waals surface area contributed by atoms with Crippen molar-refractivity contribution in [2.45, 2.75) is 11.8 Å². The molecule has 0 unspecified atom stereocenters. The van der Waals surface area contributed by atoms with Crippen molar-refractivity contribution in [1.82, 2.24) is 9.97 Å². The molecule has 1 aromatic heterocycles. The lowest BCUT2D eigenvalue weighted by Gasteiger charge is -2.09. The zero-order valence-corrected chi connectivity index (χ0v) is 17.5. The van der Waals surface area contributed by atoms with Crippen molar-refractivity contribution in [2.75, 3.05) is 10.0 Å². The summed E-state index contributed by atoms with van der Waals surface area (Å²) in [6.07, 6.45) is 0. The van der Waals surface area contributed by atoms with E-state index in [1.165, 1.54) is 43.3 Å². The molecule has 0 bridgehead atoms. The number of para-hydroxylation sites is 2. The van der Waals surface area contributed by atoms with Crippen LogP contribution in [-0.2, 0) is 10.0 Å². The van der Waals surface area contributed by atoms with Crippen LogP contribution in [-0.4, -0.2) is 29.2 Å². The zero-order valence-electron chi connectivity index (χ0n) is 16.7. The first-order valence-electron chi connectivity index (χ1n) is 9.37. The predicted molar refractivity (Wildman–Crippen MR) is 119 cm³/mol. The SMILES string of the molecule is Cc1ccc(S(=O)(=O)Nc2ccc(C(=O)Nc3nc4ccccc4[nH]3)cc2)cc1[N+](=O)[O-]. The number of nitrogens with zero attached hydrogens (tertiary/aromatic N) is 2. The van der Waals surface area contributed by atoms with Crippen LogP contribution in [0.5, 0.6) is 0 Å². The number of nitrogens with one attached hydrogen (secondary N) is 3. The summed E-state index contributed by atoms with van der Waals surface area (Å²) < 4.78 is 27.6. The Morgan fingerprint density at radius 3 is 2.47 bits per heavy atom. The lowest BCUT2D eigenvalue weighted by Crippen LogP contribution is -2.15. The molecule has 0 fully saturated rings. The first-order valence-corrected chi connectivity index (χ1v) is 10.9. The van der Waals surface area contributed by atoms with Gasteiger partial charge >= 0.3 is 0 Å². The highest BCUT2D eigenvalue weighted by atomic mass is 32.2. The number of rotatable bonds is 6. The molecular weight excluding hydrogens is 434 g/mol. The van der Waals surface area contributed by atoms with Crippen molar-refractivity contribution in [3.8, 4) is 0 Å². The van der Waals surface area contributed by atoms with Crippen LogP contribution in [0.3, 0.4) is 0 Å². The molecule has 0 spiro atoms. The molecular formula is C21H17N5O5S. The van der Waals surface area contributed by atoms with Crippen molar-refractivity contribution in [3.05, 3.63) is 88.0 Å². The molecule has 1 amide bonds. The first-order chi connectivity index (χ1) is 15.2. The van der Waals surface area contributed by atoms with Gasteiger partial charge in [-0.15, -0.1) is 0 Å². The summed E-state index contributed by atoms with van der Waals surface area (Å²) in [6.45, 7) is 1.52. The van der Waals surface area contributed by atoms with Crippen molar-refractivity contribution in [2.24, 2.45) is 0 Å². The van der Waals surface area contributed by atoms with Crippen molar-refractivity contribution >= 4 is 44.3 Å². The van der Waals surface area contributed by atoms with Gasteiger partial charge in [0.1, 0.15) is 0 Å². The fourth-order valence-corrected chi connectivity index (χ4v) is 4.13. The summed E-state index contributed by atoms with van der Waals surface area (Å²) in [7, 11) is -4.05. The minimum absolute atomic E-state index is 0.202. The van der Waals surface area contributed by atoms with Crippen LogP contribution in [0.15, 0.2) is 71.6 Å². The number of amides is 1. The molecule has 4 aromatic rings. The van der Waals surface area contributed by atoms with Gasteiger partial charge in [-0.25, -0.2) is 13.4 Å². The van der Waals surface area contributed by atoms with E-state index in [4.69, 9.17) is 0 Å². The number of carbonyl (C=O) groups excluding carboxylic acids is 1. The largest absolute Gasteiger partial charge is 0.324 e. The van der Waals surface area contributed by atoms with Crippen LogP contribution in [0.4, 0.5) is 17.3 Å². The average Bonchev–Trinajstić information content (AvgIpc) is 3.16. The van der Waals surface area contributed by atoms with Crippen LogP contribution in [0, 0.1) is 17.0 Å². The van der Waals surface area contributed by atoms with Gasteiger partial charge in [0.2, 0.25) is 5.95 Å². The number of imidazole rings is 1. The molecule has 10 nitrogen and oxygen atoms in total. The number of aromatic amines is 1. The number of benzene rings is 3. The van der Waals surface area contributed by atoms with E-state index in [2.05, 4.69) is 20.0 Å². The Balaban J connectivity index is 1.49. The maximum absolute atomic E-state index is 12.6. The molecule has 0 radical (unpaired) electrons. The number of aromatic nitrogens is 2. The maximum Gasteiger partial charge on any atom is 0.273 e. The number of hydrogen-bond donors (Lipinski definition) is 3. The van der Waals surface area contributed by atoms with Crippen LogP contribution in [0.1, 0.15) is 15.9 Å². The highest BCUT2D eigenvalue weighted by Crippen LogP contribution is 2.24. The predicted octanol–water partition coefficient (Wildman–Crippen LogP) is 3.83. The minimum Gasteiger partial charge on any atom is -0.324 e. The Kier molecular flexibility index (Phi) is 5.33. The zero-order chi connectivity index (χ0) is 22.9. The van der Waals surface area contributed by atoms with Gasteiger partial charge in [-0.3, -0.25) is 24.9 Å². The third-order valence-electron chi connectivity index (χ3n) is 4.71. The molecule has 32 heavy (non-hydrogen) atoms. The lowest BCUT2D eigenvalue weighted by atomic mass is 10.2. The van der Waals surface area contributed by atoms with Gasteiger partial charge < -0.3 is 4.98 Å². The van der Waals surface area contributed by atoms with Gasteiger partial charge in [0, 0.05) is 22.9 Å². The Labute approximate surface area is 182 Å². The number of sulfonamides is 1. The molecule has 0 saturated carbocycles. The highest BCUT2D eigenvalue weighted by Gasteiger charge is 2.20. The van der Waals surface area contributed by atoms with Crippen LogP contribution < -0.4 is 10.0 Å². The third kappa shape index (κ3) is 4.27. The number of nitro benzene ring substituents is 1. The van der Waals surface area contributed by atoms with E-state index in [9.17, 15) is 23.3 Å². The van der Waals surface area contributed by atoms with E-state index in [1.807, 2.05) is 24.3 Å². The average molecular weight is 451 g/mol. The van der Waals surface area contributed by atoms with Crippen molar-refractivity contribution in [3.63, 3.8) is 0 Å². The molecule has 11 heteroatoms. The summed E-state index contributed by atoms with van der Waals surface area (Å²) in [6, 6.07) is 16.8. The standard InChI is InChI=1S/C21H17N5O5S/c1-13-6-11-16(12-19(13)26(28)29)32(30,31)25-15-9-7-14(8-10-15)20(27)24-21-22-17-4-2-3-5-18(17)23-21/h2-12,25H,1H3,(H2,22,23,24,27). The van der Waals surface area contributed by atoms with Crippen LogP contribution >= 0.6 is 0 Å². The number of aryl methyl sites for hydroxylation is 1. The van der Waals surface area contributed by atoms with Crippen LogP contribution in [0.25, 0.3) is 11.0 Å². The van der Waals surface area contributed by atoms with Gasteiger partial charge in [-0.2, -0.15) is 0 Å². The van der Waals surface area contributed by atoms with Crippen LogP contribution in [0.2, 0.25) is 0 Å². The van der Waals surface area contributed by atoms with Gasteiger partial charge in [0.25, 0.3) is 21.6 Å². The molecule has 0 aliphatic carbocycles. The summed E-state index contributed by atoms with van der Waals surface area (Å²) in [4.78, 5) is 30.0. The Hall–Kier alpha value is -4.25. The normalized spacial score (nSPS) is 11.3.